The van der Waals surface area contributed by atoms with E-state index in [1.807, 2.05) is 35.7 Å². The predicted octanol–water partition coefficient (Wildman–Crippen LogP) is 4.63. The van der Waals surface area contributed by atoms with Gasteiger partial charge < -0.3 is 10.2 Å². The highest BCUT2D eigenvalue weighted by Gasteiger charge is 2.22. The van der Waals surface area contributed by atoms with Gasteiger partial charge in [0.2, 0.25) is 0 Å². The summed E-state index contributed by atoms with van der Waals surface area (Å²) in [5.41, 5.74) is 4.65. The van der Waals surface area contributed by atoms with Crippen molar-refractivity contribution in [3.63, 3.8) is 0 Å². The zero-order chi connectivity index (χ0) is 19.8. The van der Waals surface area contributed by atoms with Gasteiger partial charge in [-0.25, -0.2) is 4.98 Å². The highest BCUT2D eigenvalue weighted by atomic mass is 35.5. The number of rotatable bonds is 5. The first-order chi connectivity index (χ1) is 12.7. The van der Waals surface area contributed by atoms with Crippen LogP contribution in [0.15, 0.2) is 30.3 Å². The zero-order valence-electron chi connectivity index (χ0n) is 17.0. The standard InChI is InChI=1S/C21H28ClN5/c1-14-19(15-9-7-8-10-16(15)22)20-24-17(21(2,3)4)13-18(27(20)25-14)23-11-12-26(5)6/h7-10,13,23H,11-12H2,1-6H3. The fourth-order valence-corrected chi connectivity index (χ4v) is 3.25. The summed E-state index contributed by atoms with van der Waals surface area (Å²) in [5.74, 6) is 0.952. The second-order valence-corrected chi connectivity index (χ2v) is 8.59. The van der Waals surface area contributed by atoms with Crippen molar-refractivity contribution in [2.45, 2.75) is 33.1 Å². The van der Waals surface area contributed by atoms with Gasteiger partial charge in [0.05, 0.1) is 17.0 Å². The molecule has 0 amide bonds. The number of nitrogens with one attached hydrogen (secondary N) is 1. The van der Waals surface area contributed by atoms with Gasteiger partial charge in [-0.2, -0.15) is 9.61 Å². The lowest BCUT2D eigenvalue weighted by Gasteiger charge is -2.20. The maximum atomic E-state index is 6.49. The normalized spacial score (nSPS) is 12.1. The van der Waals surface area contributed by atoms with E-state index in [-0.39, 0.29) is 5.41 Å². The lowest BCUT2D eigenvalue weighted by Crippen LogP contribution is -2.22. The molecule has 0 bridgehead atoms. The van der Waals surface area contributed by atoms with Gasteiger partial charge in [-0.3, -0.25) is 0 Å². The van der Waals surface area contributed by atoms with Gasteiger partial charge in [-0.15, -0.1) is 0 Å². The molecule has 0 saturated heterocycles. The Bertz CT molecular complexity index is 953. The molecule has 3 aromatic rings. The first-order valence-electron chi connectivity index (χ1n) is 9.23. The number of anilines is 1. The van der Waals surface area contributed by atoms with Crippen LogP contribution in [-0.2, 0) is 5.41 Å². The maximum Gasteiger partial charge on any atom is 0.165 e. The molecule has 0 fully saturated rings. The number of aromatic nitrogens is 3. The largest absolute Gasteiger partial charge is 0.369 e. The molecule has 0 aliphatic rings. The second-order valence-electron chi connectivity index (χ2n) is 8.18. The minimum atomic E-state index is -0.0738. The number of halogens is 1. The molecule has 1 N–H and O–H groups in total. The van der Waals surface area contributed by atoms with Crippen LogP contribution in [0, 0.1) is 6.92 Å². The van der Waals surface area contributed by atoms with Crippen LogP contribution in [0.25, 0.3) is 16.8 Å². The summed E-state index contributed by atoms with van der Waals surface area (Å²) in [4.78, 5) is 7.13. The van der Waals surface area contributed by atoms with Gasteiger partial charge in [0.25, 0.3) is 0 Å². The molecule has 144 valence electrons. The number of hydrogen-bond donors (Lipinski definition) is 1. The molecular weight excluding hydrogens is 358 g/mol. The summed E-state index contributed by atoms with van der Waals surface area (Å²) in [6.07, 6.45) is 0. The van der Waals surface area contributed by atoms with Crippen LogP contribution in [0.4, 0.5) is 5.82 Å². The van der Waals surface area contributed by atoms with Crippen molar-refractivity contribution in [1.29, 1.82) is 0 Å². The molecule has 27 heavy (non-hydrogen) atoms. The van der Waals surface area contributed by atoms with Gasteiger partial charge in [0.15, 0.2) is 5.65 Å². The number of hydrogen-bond acceptors (Lipinski definition) is 4. The highest BCUT2D eigenvalue weighted by molar-refractivity contribution is 6.33. The van der Waals surface area contributed by atoms with E-state index in [1.165, 1.54) is 0 Å². The van der Waals surface area contributed by atoms with Crippen molar-refractivity contribution in [2.24, 2.45) is 0 Å². The molecule has 3 rings (SSSR count). The van der Waals surface area contributed by atoms with Crippen molar-refractivity contribution in [2.75, 3.05) is 32.5 Å². The van der Waals surface area contributed by atoms with Crippen LogP contribution >= 0.6 is 11.6 Å². The molecule has 1 aromatic carbocycles. The van der Waals surface area contributed by atoms with E-state index in [9.17, 15) is 0 Å². The van der Waals surface area contributed by atoms with E-state index in [4.69, 9.17) is 21.7 Å². The maximum absolute atomic E-state index is 6.49. The van der Waals surface area contributed by atoms with Crippen LogP contribution in [0.5, 0.6) is 0 Å². The second kappa shape index (κ2) is 7.49. The quantitative estimate of drug-likeness (QED) is 0.695. The Morgan fingerprint density at radius 3 is 2.52 bits per heavy atom. The van der Waals surface area contributed by atoms with E-state index in [2.05, 4.69) is 51.1 Å². The molecule has 0 saturated carbocycles. The van der Waals surface area contributed by atoms with Gasteiger partial charge in [-0.1, -0.05) is 50.6 Å². The summed E-state index contributed by atoms with van der Waals surface area (Å²) in [5, 5.41) is 9.00. The van der Waals surface area contributed by atoms with E-state index >= 15 is 0 Å². The van der Waals surface area contributed by atoms with E-state index in [1.54, 1.807) is 0 Å². The van der Waals surface area contributed by atoms with Crippen molar-refractivity contribution in [1.82, 2.24) is 19.5 Å². The molecule has 2 heterocycles. The number of aryl methyl sites for hydroxylation is 1. The molecule has 0 radical (unpaired) electrons. The lowest BCUT2D eigenvalue weighted by atomic mass is 9.92. The summed E-state index contributed by atoms with van der Waals surface area (Å²) >= 11 is 6.49. The van der Waals surface area contributed by atoms with Crippen molar-refractivity contribution < 1.29 is 0 Å². The Labute approximate surface area is 166 Å². The average molecular weight is 386 g/mol. The Hall–Kier alpha value is -2.11. The molecule has 0 spiro atoms. The SMILES string of the molecule is Cc1nn2c(NCCN(C)C)cc(C(C)(C)C)nc2c1-c1ccccc1Cl. The van der Waals surface area contributed by atoms with Crippen LogP contribution in [-0.4, -0.2) is 46.7 Å². The van der Waals surface area contributed by atoms with Gasteiger partial charge in [-0.05, 0) is 27.1 Å². The number of benzene rings is 1. The smallest absolute Gasteiger partial charge is 0.165 e. The Balaban J connectivity index is 2.21. The van der Waals surface area contributed by atoms with Gasteiger partial charge >= 0.3 is 0 Å². The number of nitrogens with zero attached hydrogens (tertiary/aromatic N) is 4. The molecule has 0 aliphatic heterocycles. The average Bonchev–Trinajstić information content (AvgIpc) is 2.90. The summed E-state index contributed by atoms with van der Waals surface area (Å²) < 4.78 is 1.90. The third kappa shape index (κ3) is 4.09. The Morgan fingerprint density at radius 2 is 1.89 bits per heavy atom. The minimum absolute atomic E-state index is 0.0738. The van der Waals surface area contributed by atoms with E-state index in [0.29, 0.717) is 5.02 Å². The fraction of sp³-hybridized carbons (Fsp3) is 0.429. The summed E-state index contributed by atoms with van der Waals surface area (Å²) in [6, 6.07) is 9.97. The van der Waals surface area contributed by atoms with E-state index in [0.717, 1.165) is 47.1 Å². The topological polar surface area (TPSA) is 45.5 Å². The fourth-order valence-electron chi connectivity index (χ4n) is 3.02. The third-order valence-corrected chi connectivity index (χ3v) is 4.87. The highest BCUT2D eigenvalue weighted by Crippen LogP contribution is 2.35. The first kappa shape index (κ1) is 19.6. The molecular formula is C21H28ClN5. The van der Waals surface area contributed by atoms with Crippen molar-refractivity contribution in [3.8, 4) is 11.1 Å². The molecule has 5 nitrogen and oxygen atoms in total. The first-order valence-corrected chi connectivity index (χ1v) is 9.60. The summed E-state index contributed by atoms with van der Waals surface area (Å²) in [6.45, 7) is 10.3. The zero-order valence-corrected chi connectivity index (χ0v) is 17.7. The third-order valence-electron chi connectivity index (χ3n) is 4.54. The lowest BCUT2D eigenvalue weighted by molar-refractivity contribution is 0.425. The number of likely N-dealkylation sites (N-methyl/N-ethyl adjacent to an activating group) is 1. The Morgan fingerprint density at radius 1 is 1.19 bits per heavy atom. The molecule has 2 aromatic heterocycles. The molecule has 6 heteroatoms. The van der Waals surface area contributed by atoms with Crippen molar-refractivity contribution >= 4 is 23.1 Å². The minimum Gasteiger partial charge on any atom is -0.369 e. The van der Waals surface area contributed by atoms with Gasteiger partial charge in [0.1, 0.15) is 5.82 Å². The molecule has 0 aliphatic carbocycles. The van der Waals surface area contributed by atoms with Crippen LogP contribution in [0.2, 0.25) is 5.02 Å². The monoisotopic (exact) mass is 385 g/mol. The molecule has 0 unspecified atom stereocenters. The van der Waals surface area contributed by atoms with Crippen LogP contribution < -0.4 is 5.32 Å². The van der Waals surface area contributed by atoms with Gasteiger partial charge in [0, 0.05) is 35.2 Å². The Kier molecular flexibility index (Phi) is 5.45. The molecule has 0 atom stereocenters. The number of fused-ring (bicyclic) bond motifs is 1. The predicted molar refractivity (Wildman–Crippen MR) is 114 cm³/mol. The van der Waals surface area contributed by atoms with Crippen molar-refractivity contribution in [3.05, 3.63) is 46.7 Å². The van der Waals surface area contributed by atoms with Crippen LogP contribution in [0.3, 0.4) is 0 Å². The summed E-state index contributed by atoms with van der Waals surface area (Å²) in [7, 11) is 4.13. The van der Waals surface area contributed by atoms with E-state index < -0.39 is 0 Å². The van der Waals surface area contributed by atoms with Crippen LogP contribution in [0.1, 0.15) is 32.2 Å².